The highest BCUT2D eigenvalue weighted by Crippen LogP contribution is 2.44. The van der Waals surface area contributed by atoms with Crippen molar-refractivity contribution < 1.29 is 8.42 Å². The predicted molar refractivity (Wildman–Crippen MR) is 122 cm³/mol. The quantitative estimate of drug-likeness (QED) is 0.547. The summed E-state index contributed by atoms with van der Waals surface area (Å²) >= 11 is 13.4. The van der Waals surface area contributed by atoms with Gasteiger partial charge >= 0.3 is 0 Å². The molecule has 0 spiro atoms. The van der Waals surface area contributed by atoms with Crippen LogP contribution in [0.5, 0.6) is 0 Å². The molecule has 2 atom stereocenters. The van der Waals surface area contributed by atoms with Crippen LogP contribution >= 0.6 is 35.2 Å². The fraction of sp³-hybridized carbons (Fsp3) is 0.158. The summed E-state index contributed by atoms with van der Waals surface area (Å²) in [5, 5.41) is 3.94. The first-order chi connectivity index (χ1) is 13.8. The fourth-order valence-electron chi connectivity index (χ4n) is 3.31. The Hall–Kier alpha value is -2.20. The van der Waals surface area contributed by atoms with Crippen LogP contribution in [0.4, 0.5) is 11.4 Å². The molecule has 0 radical (unpaired) electrons. The van der Waals surface area contributed by atoms with E-state index in [0.29, 0.717) is 15.1 Å². The number of thiocarbonyl (C=S) groups is 1. The maximum atomic E-state index is 11.5. The van der Waals surface area contributed by atoms with Crippen molar-refractivity contribution in [2.24, 2.45) is 0 Å². The summed E-state index contributed by atoms with van der Waals surface area (Å²) in [5.74, 6) is 0. The zero-order chi connectivity index (χ0) is 20.6. The molecule has 0 amide bonds. The van der Waals surface area contributed by atoms with Gasteiger partial charge in [0.1, 0.15) is 0 Å². The van der Waals surface area contributed by atoms with E-state index in [2.05, 4.69) is 15.0 Å². The molecule has 10 heteroatoms. The van der Waals surface area contributed by atoms with Gasteiger partial charge in [0.05, 0.1) is 28.4 Å². The summed E-state index contributed by atoms with van der Waals surface area (Å²) in [6.07, 6.45) is 2.88. The molecule has 150 valence electrons. The second-order valence-corrected chi connectivity index (χ2v) is 10.4. The van der Waals surface area contributed by atoms with Crippen molar-refractivity contribution in [1.82, 2.24) is 10.3 Å². The Morgan fingerprint density at radius 2 is 1.93 bits per heavy atom. The second-order valence-electron chi connectivity index (χ2n) is 6.56. The number of anilines is 2. The molecular formula is C19H17ClN4O2S3. The summed E-state index contributed by atoms with van der Waals surface area (Å²) in [6, 6.07) is 16.5. The van der Waals surface area contributed by atoms with Gasteiger partial charge in [0.15, 0.2) is 5.11 Å². The molecule has 1 aliphatic heterocycles. The van der Waals surface area contributed by atoms with Gasteiger partial charge in [0.2, 0.25) is 10.0 Å². The van der Waals surface area contributed by atoms with Gasteiger partial charge in [-0.05, 0) is 60.7 Å². The number of thiophene rings is 1. The molecule has 0 aliphatic carbocycles. The van der Waals surface area contributed by atoms with Crippen molar-refractivity contribution in [1.29, 1.82) is 0 Å². The summed E-state index contributed by atoms with van der Waals surface area (Å²) in [7, 11) is -3.34. The zero-order valence-electron chi connectivity index (χ0n) is 15.2. The lowest BCUT2D eigenvalue weighted by Gasteiger charge is -2.27. The van der Waals surface area contributed by atoms with E-state index in [1.54, 1.807) is 18.3 Å². The Balaban J connectivity index is 1.73. The highest BCUT2D eigenvalue weighted by molar-refractivity contribution is 7.92. The van der Waals surface area contributed by atoms with Crippen LogP contribution in [0.2, 0.25) is 4.34 Å². The molecular weight excluding hydrogens is 448 g/mol. The number of nitrogens with zero attached hydrogens (tertiary/aromatic N) is 2. The van der Waals surface area contributed by atoms with E-state index in [-0.39, 0.29) is 12.1 Å². The third-order valence-electron chi connectivity index (χ3n) is 4.43. The van der Waals surface area contributed by atoms with E-state index in [4.69, 9.17) is 23.8 Å². The van der Waals surface area contributed by atoms with E-state index in [9.17, 15) is 8.42 Å². The first-order valence-corrected chi connectivity index (χ1v) is 12.1. The summed E-state index contributed by atoms with van der Waals surface area (Å²) < 4.78 is 26.1. The number of hydrogen-bond acceptors (Lipinski definition) is 5. The van der Waals surface area contributed by atoms with Crippen LogP contribution in [-0.2, 0) is 10.0 Å². The Kier molecular flexibility index (Phi) is 5.48. The Labute approximate surface area is 183 Å². The van der Waals surface area contributed by atoms with E-state index in [0.717, 1.165) is 22.5 Å². The number of hydrogen-bond donors (Lipinski definition) is 2. The Morgan fingerprint density at radius 1 is 1.17 bits per heavy atom. The number of halogens is 1. The predicted octanol–water partition coefficient (Wildman–Crippen LogP) is 4.35. The van der Waals surface area contributed by atoms with Gasteiger partial charge in [-0.25, -0.2) is 8.42 Å². The maximum Gasteiger partial charge on any atom is 0.229 e. The van der Waals surface area contributed by atoms with Crippen LogP contribution in [0.3, 0.4) is 0 Å². The summed E-state index contributed by atoms with van der Waals surface area (Å²) in [6.45, 7) is 0. The number of aromatic nitrogens is 1. The van der Waals surface area contributed by atoms with Crippen molar-refractivity contribution in [3.05, 3.63) is 75.7 Å². The average Bonchev–Trinajstić information content (AvgIpc) is 3.25. The van der Waals surface area contributed by atoms with Gasteiger partial charge in [-0.3, -0.25) is 9.71 Å². The van der Waals surface area contributed by atoms with E-state index in [1.807, 2.05) is 47.4 Å². The number of pyridine rings is 1. The third kappa shape index (κ3) is 4.37. The third-order valence-corrected chi connectivity index (χ3v) is 6.66. The molecule has 6 nitrogen and oxygen atoms in total. The van der Waals surface area contributed by atoms with Crippen molar-refractivity contribution in [3.8, 4) is 0 Å². The van der Waals surface area contributed by atoms with Crippen LogP contribution < -0.4 is 14.9 Å². The van der Waals surface area contributed by atoms with Gasteiger partial charge in [0, 0.05) is 22.4 Å². The molecule has 1 aromatic carbocycles. The number of rotatable bonds is 5. The Bertz CT molecular complexity index is 1130. The van der Waals surface area contributed by atoms with Crippen LogP contribution in [-0.4, -0.2) is 24.8 Å². The minimum atomic E-state index is -3.34. The topological polar surface area (TPSA) is 74.3 Å². The van der Waals surface area contributed by atoms with Crippen LogP contribution in [0.25, 0.3) is 0 Å². The molecule has 3 aromatic rings. The molecule has 2 N–H and O–H groups in total. The summed E-state index contributed by atoms with van der Waals surface area (Å²) in [5.41, 5.74) is 2.21. The van der Waals surface area contributed by atoms with Gasteiger partial charge in [0.25, 0.3) is 0 Å². The van der Waals surface area contributed by atoms with Crippen molar-refractivity contribution in [2.45, 2.75) is 12.1 Å². The monoisotopic (exact) mass is 464 g/mol. The standard InChI is InChI=1S/C19H17ClN4O2S3/c1-29(25,26)23-12-5-7-13(8-6-12)24-18(15-9-10-16(20)28-15)17(22-19(24)27)14-4-2-3-11-21-14/h2-11,17-18,23H,1H3,(H,22,27)/t17-,18+/m1/s1. The zero-order valence-corrected chi connectivity index (χ0v) is 18.4. The van der Waals surface area contributed by atoms with Gasteiger partial charge < -0.3 is 10.2 Å². The molecule has 1 fully saturated rings. The maximum absolute atomic E-state index is 11.5. The molecule has 0 unspecified atom stereocenters. The second kappa shape index (κ2) is 7.91. The normalized spacial score (nSPS) is 19.2. The fourth-order valence-corrected chi connectivity index (χ4v) is 5.41. The lowest BCUT2D eigenvalue weighted by Crippen LogP contribution is -2.29. The average molecular weight is 465 g/mol. The lowest BCUT2D eigenvalue weighted by atomic mass is 10.0. The molecule has 2 aromatic heterocycles. The van der Waals surface area contributed by atoms with Gasteiger partial charge in [-0.15, -0.1) is 11.3 Å². The van der Waals surface area contributed by atoms with Crippen molar-refractivity contribution in [2.75, 3.05) is 15.9 Å². The Morgan fingerprint density at radius 3 is 2.52 bits per heavy atom. The summed E-state index contributed by atoms with van der Waals surface area (Å²) in [4.78, 5) is 7.57. The highest BCUT2D eigenvalue weighted by Gasteiger charge is 2.41. The van der Waals surface area contributed by atoms with Crippen molar-refractivity contribution in [3.63, 3.8) is 0 Å². The minimum Gasteiger partial charge on any atom is -0.351 e. The van der Waals surface area contributed by atoms with E-state index in [1.165, 1.54) is 11.3 Å². The first-order valence-electron chi connectivity index (χ1n) is 8.65. The first kappa shape index (κ1) is 20.1. The van der Waals surface area contributed by atoms with E-state index < -0.39 is 10.0 Å². The molecule has 1 aliphatic rings. The van der Waals surface area contributed by atoms with Crippen LogP contribution in [0.15, 0.2) is 60.8 Å². The molecule has 4 rings (SSSR count). The lowest BCUT2D eigenvalue weighted by molar-refractivity contribution is 0.575. The minimum absolute atomic E-state index is 0.136. The smallest absolute Gasteiger partial charge is 0.229 e. The molecule has 3 heterocycles. The molecule has 1 saturated heterocycles. The number of sulfonamides is 1. The molecule has 0 bridgehead atoms. The number of benzene rings is 1. The van der Waals surface area contributed by atoms with Crippen LogP contribution in [0, 0.1) is 0 Å². The van der Waals surface area contributed by atoms with Crippen LogP contribution in [0.1, 0.15) is 22.7 Å². The largest absolute Gasteiger partial charge is 0.351 e. The van der Waals surface area contributed by atoms with Gasteiger partial charge in [-0.2, -0.15) is 0 Å². The number of nitrogens with one attached hydrogen (secondary N) is 2. The molecule has 0 saturated carbocycles. The van der Waals surface area contributed by atoms with E-state index >= 15 is 0 Å². The van der Waals surface area contributed by atoms with Gasteiger partial charge in [-0.1, -0.05) is 17.7 Å². The SMILES string of the molecule is CS(=O)(=O)Nc1ccc(N2C(=S)N[C@H](c3ccccn3)[C@@H]2c2ccc(Cl)s2)cc1. The molecule has 29 heavy (non-hydrogen) atoms. The highest BCUT2D eigenvalue weighted by atomic mass is 35.5. The van der Waals surface area contributed by atoms with Crippen molar-refractivity contribution >= 4 is 61.7 Å².